The first-order chi connectivity index (χ1) is 17.1. The lowest BCUT2D eigenvalue weighted by atomic mass is 9.77. The van der Waals surface area contributed by atoms with Crippen LogP contribution in [0.1, 0.15) is 50.5 Å². The van der Waals surface area contributed by atoms with Gasteiger partial charge in [0.2, 0.25) is 5.89 Å². The number of piperidine rings is 1. The number of nitrogens with one attached hydrogen (secondary N) is 2. The van der Waals surface area contributed by atoms with Gasteiger partial charge in [-0.3, -0.25) is 0 Å². The maximum atomic E-state index is 12.7. The number of oxazole rings is 1. The molecule has 35 heavy (non-hydrogen) atoms. The highest BCUT2D eigenvalue weighted by Crippen LogP contribution is 2.34. The number of amides is 2. The average molecular weight is 473 g/mol. The molecule has 2 aliphatic rings. The fourth-order valence-corrected chi connectivity index (χ4v) is 5.75. The van der Waals surface area contributed by atoms with Crippen LogP contribution in [0, 0.1) is 18.8 Å². The summed E-state index contributed by atoms with van der Waals surface area (Å²) in [7, 11) is 0. The molecule has 6 nitrogen and oxygen atoms in total. The minimum absolute atomic E-state index is 0.0813. The third-order valence-electron chi connectivity index (χ3n) is 7.60. The van der Waals surface area contributed by atoms with Gasteiger partial charge in [0.25, 0.3) is 0 Å². The van der Waals surface area contributed by atoms with Crippen molar-refractivity contribution in [3.63, 3.8) is 0 Å². The van der Waals surface area contributed by atoms with Gasteiger partial charge in [-0.2, -0.15) is 0 Å². The summed E-state index contributed by atoms with van der Waals surface area (Å²) >= 11 is 0. The first kappa shape index (κ1) is 23.5. The second-order valence-corrected chi connectivity index (χ2v) is 10.2. The van der Waals surface area contributed by atoms with E-state index < -0.39 is 0 Å². The minimum Gasteiger partial charge on any atom is -0.445 e. The van der Waals surface area contributed by atoms with Gasteiger partial charge in [-0.05, 0) is 87.3 Å². The van der Waals surface area contributed by atoms with Gasteiger partial charge in [-0.15, -0.1) is 0 Å². The van der Waals surface area contributed by atoms with Crippen molar-refractivity contribution in [2.24, 2.45) is 11.8 Å². The molecule has 0 spiro atoms. The lowest BCUT2D eigenvalue weighted by Crippen LogP contribution is -2.45. The number of anilines is 2. The van der Waals surface area contributed by atoms with Crippen molar-refractivity contribution in [1.82, 2.24) is 10.3 Å². The van der Waals surface area contributed by atoms with Gasteiger partial charge in [-0.25, -0.2) is 9.78 Å². The predicted octanol–water partition coefficient (Wildman–Crippen LogP) is 6.64. The highest BCUT2D eigenvalue weighted by Gasteiger charge is 2.30. The van der Waals surface area contributed by atoms with Crippen LogP contribution in [0.5, 0.6) is 0 Å². The monoisotopic (exact) mass is 472 g/mol. The maximum Gasteiger partial charge on any atom is 0.319 e. The summed E-state index contributed by atoms with van der Waals surface area (Å²) in [5.74, 6) is 1.86. The molecule has 0 radical (unpaired) electrons. The van der Waals surface area contributed by atoms with Gasteiger partial charge in [0.15, 0.2) is 0 Å². The van der Waals surface area contributed by atoms with E-state index in [1.54, 1.807) is 12.5 Å². The van der Waals surface area contributed by atoms with Crippen molar-refractivity contribution in [2.75, 3.05) is 23.3 Å². The van der Waals surface area contributed by atoms with E-state index in [0.717, 1.165) is 30.8 Å². The molecule has 1 saturated carbocycles. The van der Waals surface area contributed by atoms with Crippen LogP contribution in [0.4, 0.5) is 16.2 Å². The first-order valence-electron chi connectivity index (χ1n) is 13.0. The molecule has 0 bridgehead atoms. The first-order valence-corrected chi connectivity index (χ1v) is 13.0. The zero-order valence-electron chi connectivity index (χ0n) is 20.6. The van der Waals surface area contributed by atoms with Crippen LogP contribution < -0.4 is 15.5 Å². The van der Waals surface area contributed by atoms with Crippen molar-refractivity contribution >= 4 is 17.4 Å². The van der Waals surface area contributed by atoms with E-state index in [1.165, 1.54) is 49.8 Å². The Bertz CT molecular complexity index is 1080. The second-order valence-electron chi connectivity index (χ2n) is 10.2. The summed E-state index contributed by atoms with van der Waals surface area (Å²) in [6.07, 6.45) is 11.7. The Morgan fingerprint density at radius 1 is 1.03 bits per heavy atom. The van der Waals surface area contributed by atoms with E-state index >= 15 is 0 Å². The molecule has 6 heteroatoms. The van der Waals surface area contributed by atoms with Gasteiger partial charge in [0.05, 0.1) is 6.20 Å². The molecule has 3 aromatic rings. The van der Waals surface area contributed by atoms with Gasteiger partial charge in [0, 0.05) is 36.1 Å². The summed E-state index contributed by atoms with van der Waals surface area (Å²) in [5, 5.41) is 6.32. The Morgan fingerprint density at radius 2 is 1.83 bits per heavy atom. The molecule has 1 saturated heterocycles. The van der Waals surface area contributed by atoms with E-state index in [9.17, 15) is 4.79 Å². The van der Waals surface area contributed by atoms with E-state index in [0.29, 0.717) is 17.7 Å². The number of hydrogen-bond donors (Lipinski definition) is 2. The summed E-state index contributed by atoms with van der Waals surface area (Å²) in [6, 6.07) is 16.7. The quantitative estimate of drug-likeness (QED) is 0.422. The third kappa shape index (κ3) is 6.05. The molecule has 2 N–H and O–H groups in total. The Morgan fingerprint density at radius 3 is 2.60 bits per heavy atom. The number of nitrogens with zero attached hydrogens (tertiary/aromatic N) is 2. The van der Waals surface area contributed by atoms with Gasteiger partial charge in [0.1, 0.15) is 6.26 Å². The van der Waals surface area contributed by atoms with Crippen LogP contribution >= 0.6 is 0 Å². The Kier molecular flexibility index (Phi) is 7.36. The lowest BCUT2D eigenvalue weighted by Gasteiger charge is -2.39. The van der Waals surface area contributed by atoms with E-state index in [2.05, 4.69) is 51.7 Å². The van der Waals surface area contributed by atoms with Gasteiger partial charge < -0.3 is 20.0 Å². The van der Waals surface area contributed by atoms with E-state index in [1.807, 2.05) is 24.3 Å². The molecule has 2 heterocycles. The topological polar surface area (TPSA) is 70.4 Å². The normalized spacial score (nSPS) is 22.5. The van der Waals surface area contributed by atoms with E-state index in [4.69, 9.17) is 4.42 Å². The molecule has 2 fully saturated rings. The minimum atomic E-state index is -0.0813. The molecule has 1 aliphatic carbocycles. The molecule has 2 amide bonds. The van der Waals surface area contributed by atoms with Crippen molar-refractivity contribution in [1.29, 1.82) is 0 Å². The smallest absolute Gasteiger partial charge is 0.319 e. The Hall–Kier alpha value is -3.28. The zero-order chi connectivity index (χ0) is 24.0. The van der Waals surface area contributed by atoms with Crippen LogP contribution in [-0.2, 0) is 0 Å². The number of carbonyl (C=O) groups is 1. The van der Waals surface area contributed by atoms with Gasteiger partial charge >= 0.3 is 6.03 Å². The summed E-state index contributed by atoms with van der Waals surface area (Å²) in [5.41, 5.74) is 4.31. The van der Waals surface area contributed by atoms with Crippen LogP contribution in [0.25, 0.3) is 11.5 Å². The molecular formula is C29H36N4O2. The van der Waals surface area contributed by atoms with Crippen molar-refractivity contribution in [3.8, 4) is 11.5 Å². The number of rotatable bonds is 6. The number of benzene rings is 2. The van der Waals surface area contributed by atoms with Crippen LogP contribution in [-0.4, -0.2) is 30.1 Å². The number of aryl methyl sites for hydroxylation is 1. The van der Waals surface area contributed by atoms with Crippen LogP contribution in [0.15, 0.2) is 65.4 Å². The summed E-state index contributed by atoms with van der Waals surface area (Å²) in [4.78, 5) is 19.5. The van der Waals surface area contributed by atoms with Crippen LogP contribution in [0.2, 0.25) is 0 Å². The molecule has 5 rings (SSSR count). The van der Waals surface area contributed by atoms with Gasteiger partial charge in [-0.1, -0.05) is 30.5 Å². The largest absolute Gasteiger partial charge is 0.445 e. The number of carbonyl (C=O) groups excluding carboxylic acids is 1. The molecular weight excluding hydrogens is 436 g/mol. The Labute approximate surface area is 208 Å². The van der Waals surface area contributed by atoms with Crippen molar-refractivity contribution in [2.45, 2.75) is 57.9 Å². The molecule has 3 atom stereocenters. The molecule has 1 unspecified atom stereocenters. The lowest BCUT2D eigenvalue weighted by molar-refractivity contribution is 0.203. The standard InChI is InChI=1S/C29H36N4O2/c1-21-8-12-25(13-9-21)31-29(34)32-27-7-3-2-6-24(27)19-22-5-4-17-33(20-22)26-14-10-23(11-15-26)28-30-16-18-35-28/h8-16,18,22,24,27H,2-7,17,19-20H2,1H3,(H2,31,32,34)/t22?,24-,27+/m0/s1. The van der Waals surface area contributed by atoms with Crippen LogP contribution in [0.3, 0.4) is 0 Å². The van der Waals surface area contributed by atoms with Crippen molar-refractivity contribution in [3.05, 3.63) is 66.6 Å². The summed E-state index contributed by atoms with van der Waals surface area (Å²) < 4.78 is 5.42. The SMILES string of the molecule is Cc1ccc(NC(=O)N[C@@H]2CCCC[C@H]2CC2CCCN(c3ccc(-c4ncco4)cc3)C2)cc1. The molecule has 184 valence electrons. The fraction of sp³-hybridized carbons (Fsp3) is 0.448. The summed E-state index contributed by atoms with van der Waals surface area (Å²) in [6.45, 7) is 4.23. The average Bonchev–Trinajstić information content (AvgIpc) is 3.42. The third-order valence-corrected chi connectivity index (χ3v) is 7.60. The van der Waals surface area contributed by atoms with E-state index in [-0.39, 0.29) is 12.1 Å². The number of aromatic nitrogens is 1. The maximum absolute atomic E-state index is 12.7. The predicted molar refractivity (Wildman–Crippen MR) is 141 cm³/mol. The van der Waals surface area contributed by atoms with Crippen molar-refractivity contribution < 1.29 is 9.21 Å². The highest BCUT2D eigenvalue weighted by molar-refractivity contribution is 5.89. The Balaban J connectivity index is 1.17. The molecule has 2 aromatic carbocycles. The fourth-order valence-electron chi connectivity index (χ4n) is 5.75. The zero-order valence-corrected chi connectivity index (χ0v) is 20.6. The molecule has 1 aromatic heterocycles. The second kappa shape index (κ2) is 11.0. The number of urea groups is 1. The highest BCUT2D eigenvalue weighted by atomic mass is 16.3. The number of hydrogen-bond acceptors (Lipinski definition) is 4. The molecule has 1 aliphatic heterocycles.